The van der Waals surface area contributed by atoms with Crippen molar-refractivity contribution in [3.63, 3.8) is 0 Å². The van der Waals surface area contributed by atoms with E-state index in [0.717, 1.165) is 37.1 Å². The number of unbranched alkanes of at least 4 members (excludes halogenated alkanes) is 1. The zero-order valence-corrected chi connectivity index (χ0v) is 21.6. The maximum atomic E-state index is 12.9. The molecule has 4 aliphatic rings. The number of hydrogen-bond donors (Lipinski definition) is 2. The van der Waals surface area contributed by atoms with Gasteiger partial charge in [-0.1, -0.05) is 27.2 Å². The van der Waals surface area contributed by atoms with Crippen LogP contribution in [0.5, 0.6) is 0 Å². The van der Waals surface area contributed by atoms with Gasteiger partial charge in [0.1, 0.15) is 5.82 Å². The van der Waals surface area contributed by atoms with Gasteiger partial charge in [0, 0.05) is 32.5 Å². The molecule has 6 rings (SSSR count). The van der Waals surface area contributed by atoms with Crippen molar-refractivity contribution in [3.05, 3.63) is 26.7 Å². The third-order valence-corrected chi connectivity index (χ3v) is 8.65. The van der Waals surface area contributed by atoms with Crippen molar-refractivity contribution in [1.82, 2.24) is 24.4 Å². The Morgan fingerprint density at radius 2 is 1.77 bits per heavy atom. The second kappa shape index (κ2) is 9.58. The molecule has 0 radical (unpaired) electrons. The average Bonchev–Trinajstić information content (AvgIpc) is 3.13. The van der Waals surface area contributed by atoms with E-state index >= 15 is 0 Å². The molecule has 2 heterocycles. The molecule has 4 saturated carbocycles. The van der Waals surface area contributed by atoms with E-state index in [1.165, 1.54) is 38.5 Å². The van der Waals surface area contributed by atoms with Crippen molar-refractivity contribution in [3.8, 4) is 0 Å². The number of aromatic amines is 1. The molecular formula is C27H41N5O3. The van der Waals surface area contributed by atoms with Gasteiger partial charge in [-0.2, -0.15) is 0 Å². The van der Waals surface area contributed by atoms with Crippen molar-refractivity contribution in [1.29, 1.82) is 0 Å². The van der Waals surface area contributed by atoms with Crippen LogP contribution in [0, 0.1) is 29.1 Å². The molecule has 1 amide bonds. The van der Waals surface area contributed by atoms with Crippen molar-refractivity contribution < 1.29 is 4.79 Å². The summed E-state index contributed by atoms with van der Waals surface area (Å²) in [4.78, 5) is 45.4. The zero-order valence-electron chi connectivity index (χ0n) is 21.6. The maximum Gasteiger partial charge on any atom is 0.330 e. The summed E-state index contributed by atoms with van der Waals surface area (Å²) in [5.41, 5.74) is 0.390. The minimum atomic E-state index is -0.412. The largest absolute Gasteiger partial charge is 0.356 e. The monoisotopic (exact) mass is 483 g/mol. The molecule has 8 nitrogen and oxygen atoms in total. The predicted octanol–water partition coefficient (Wildman–Crippen LogP) is 3.61. The number of aryl methyl sites for hydroxylation is 2. The number of nitrogens with one attached hydrogen (secondary N) is 2. The Morgan fingerprint density at radius 3 is 2.37 bits per heavy atom. The third kappa shape index (κ3) is 4.85. The third-order valence-electron chi connectivity index (χ3n) is 8.65. The Morgan fingerprint density at radius 1 is 1.11 bits per heavy atom. The summed E-state index contributed by atoms with van der Waals surface area (Å²) >= 11 is 0. The van der Waals surface area contributed by atoms with Crippen LogP contribution in [-0.2, 0) is 24.3 Å². The smallest absolute Gasteiger partial charge is 0.330 e. The van der Waals surface area contributed by atoms with Crippen LogP contribution in [0.1, 0.15) is 84.4 Å². The molecule has 0 atom stereocenters. The molecule has 4 bridgehead atoms. The molecule has 0 saturated heterocycles. The number of H-pyrrole nitrogens is 1. The van der Waals surface area contributed by atoms with Crippen molar-refractivity contribution in [2.45, 2.75) is 98.1 Å². The molecule has 192 valence electrons. The quantitative estimate of drug-likeness (QED) is 0.539. The first-order valence-electron chi connectivity index (χ1n) is 13.8. The van der Waals surface area contributed by atoms with Crippen molar-refractivity contribution in [2.24, 2.45) is 29.1 Å². The van der Waals surface area contributed by atoms with E-state index in [2.05, 4.69) is 31.1 Å². The fourth-order valence-corrected chi connectivity index (χ4v) is 7.60. The van der Waals surface area contributed by atoms with Crippen LogP contribution in [-0.4, -0.2) is 31.6 Å². The van der Waals surface area contributed by atoms with Crippen molar-refractivity contribution >= 4 is 17.1 Å². The number of amides is 1. The van der Waals surface area contributed by atoms with Crippen LogP contribution in [0.4, 0.5) is 0 Å². The second-order valence-electron chi connectivity index (χ2n) is 12.2. The summed E-state index contributed by atoms with van der Waals surface area (Å²) < 4.78 is 3.50. The van der Waals surface area contributed by atoms with E-state index in [-0.39, 0.29) is 5.91 Å². The topological polar surface area (TPSA) is 102 Å². The lowest BCUT2D eigenvalue weighted by Crippen LogP contribution is -2.51. The molecule has 35 heavy (non-hydrogen) atoms. The van der Waals surface area contributed by atoms with Crippen LogP contribution < -0.4 is 16.6 Å². The molecule has 0 aromatic carbocycles. The number of rotatable bonds is 10. The standard InChI is InChI=1S/C27H41N5O3/c1-4-5-8-31-24-23(25(34)30-26(31)35)32(15-17(2)3)21(29-24)6-7-22(33)28-16-27-12-18-9-19(13-27)11-20(10-18)14-27/h17-20H,4-16H2,1-3H3,(H,28,33)(H,30,34,35). The number of carbonyl (C=O) groups is 1. The van der Waals surface area contributed by atoms with Gasteiger partial charge in [-0.25, -0.2) is 9.78 Å². The van der Waals surface area contributed by atoms with E-state index in [1.807, 2.05) is 4.57 Å². The van der Waals surface area contributed by atoms with Gasteiger partial charge in [0.2, 0.25) is 5.91 Å². The van der Waals surface area contributed by atoms with E-state index in [1.54, 1.807) is 4.57 Å². The second-order valence-corrected chi connectivity index (χ2v) is 12.2. The number of nitrogens with zero attached hydrogens (tertiary/aromatic N) is 3. The Kier molecular flexibility index (Phi) is 6.66. The van der Waals surface area contributed by atoms with Crippen LogP contribution in [0.2, 0.25) is 0 Å². The van der Waals surface area contributed by atoms with Crippen molar-refractivity contribution in [2.75, 3.05) is 6.54 Å². The fraction of sp³-hybridized carbons (Fsp3) is 0.778. The van der Waals surface area contributed by atoms with E-state index in [9.17, 15) is 14.4 Å². The van der Waals surface area contributed by atoms with Crippen LogP contribution >= 0.6 is 0 Å². The minimum Gasteiger partial charge on any atom is -0.356 e. The highest BCUT2D eigenvalue weighted by Gasteiger charge is 2.50. The Hall–Kier alpha value is -2.38. The lowest BCUT2D eigenvalue weighted by Gasteiger charge is -2.56. The van der Waals surface area contributed by atoms with Gasteiger partial charge in [-0.15, -0.1) is 0 Å². The van der Waals surface area contributed by atoms with E-state index in [0.29, 0.717) is 54.3 Å². The Bertz CT molecular complexity index is 1170. The van der Waals surface area contributed by atoms with Gasteiger partial charge < -0.3 is 9.88 Å². The summed E-state index contributed by atoms with van der Waals surface area (Å²) in [6.45, 7) is 8.19. The molecule has 0 unspecified atom stereocenters. The SMILES string of the molecule is CCCCn1c(=O)[nH]c(=O)c2c1nc(CCC(=O)NCC13CC4CC(CC(C4)C1)C3)n2CC(C)C. The molecule has 0 spiro atoms. The summed E-state index contributed by atoms with van der Waals surface area (Å²) in [5, 5.41) is 3.26. The minimum absolute atomic E-state index is 0.0566. The van der Waals surface area contributed by atoms with Gasteiger partial charge in [-0.05, 0) is 74.0 Å². The van der Waals surface area contributed by atoms with Gasteiger partial charge in [-0.3, -0.25) is 19.1 Å². The van der Waals surface area contributed by atoms with Gasteiger partial charge in [0.05, 0.1) is 0 Å². The highest BCUT2D eigenvalue weighted by Crippen LogP contribution is 2.59. The summed E-state index contributed by atoms with van der Waals surface area (Å²) in [6.07, 6.45) is 10.6. The first-order valence-corrected chi connectivity index (χ1v) is 13.8. The summed E-state index contributed by atoms with van der Waals surface area (Å²) in [5.74, 6) is 3.68. The first kappa shape index (κ1) is 24.3. The van der Waals surface area contributed by atoms with Gasteiger partial charge in [0.25, 0.3) is 5.56 Å². The highest BCUT2D eigenvalue weighted by molar-refractivity contribution is 5.76. The fourth-order valence-electron chi connectivity index (χ4n) is 7.60. The molecule has 4 fully saturated rings. The van der Waals surface area contributed by atoms with Crippen LogP contribution in [0.3, 0.4) is 0 Å². The number of fused-ring (bicyclic) bond motifs is 1. The zero-order chi connectivity index (χ0) is 24.7. The van der Waals surface area contributed by atoms with Gasteiger partial charge >= 0.3 is 5.69 Å². The number of hydrogen-bond acceptors (Lipinski definition) is 4. The maximum absolute atomic E-state index is 12.9. The number of imidazole rings is 1. The molecule has 4 aliphatic carbocycles. The van der Waals surface area contributed by atoms with E-state index in [4.69, 9.17) is 4.98 Å². The lowest BCUT2D eigenvalue weighted by molar-refractivity contribution is -0.123. The summed E-state index contributed by atoms with van der Waals surface area (Å²) in [7, 11) is 0. The highest BCUT2D eigenvalue weighted by atomic mass is 16.2. The first-order chi connectivity index (χ1) is 16.8. The molecule has 8 heteroatoms. The van der Waals surface area contributed by atoms with E-state index < -0.39 is 11.2 Å². The number of aromatic nitrogens is 4. The molecule has 2 aromatic rings. The lowest BCUT2D eigenvalue weighted by atomic mass is 9.49. The normalized spacial score (nSPS) is 27.3. The average molecular weight is 484 g/mol. The Balaban J connectivity index is 1.32. The molecule has 0 aliphatic heterocycles. The molecule has 2 aromatic heterocycles. The van der Waals surface area contributed by atoms with Crippen LogP contribution in [0.25, 0.3) is 11.2 Å². The number of carbonyl (C=O) groups excluding carboxylic acids is 1. The predicted molar refractivity (Wildman–Crippen MR) is 136 cm³/mol. The van der Waals surface area contributed by atoms with Gasteiger partial charge in [0.15, 0.2) is 11.2 Å². The molecule has 2 N–H and O–H groups in total. The summed E-state index contributed by atoms with van der Waals surface area (Å²) in [6, 6.07) is 0. The van der Waals surface area contributed by atoms with Crippen LogP contribution in [0.15, 0.2) is 9.59 Å². The molecular weight excluding hydrogens is 442 g/mol. The Labute approximate surface area is 206 Å².